The number of aromatic nitrogens is 1. The van der Waals surface area contributed by atoms with Gasteiger partial charge in [0.25, 0.3) is 5.91 Å². The normalized spacial score (nSPS) is 14.8. The van der Waals surface area contributed by atoms with Crippen molar-refractivity contribution in [3.63, 3.8) is 0 Å². The number of nitrogens with zero attached hydrogens (tertiary/aromatic N) is 2. The molecule has 1 atom stereocenters. The van der Waals surface area contributed by atoms with E-state index in [1.807, 2.05) is 53.1 Å². The minimum Gasteiger partial charge on any atom is -0.495 e. The Bertz CT molecular complexity index is 1430. The van der Waals surface area contributed by atoms with Gasteiger partial charge in [-0.15, -0.1) is 11.8 Å². The third-order valence-electron chi connectivity index (χ3n) is 5.49. The predicted molar refractivity (Wildman–Crippen MR) is 145 cm³/mol. The number of nitrogens with one attached hydrogen (secondary N) is 2. The van der Waals surface area contributed by atoms with Gasteiger partial charge in [-0.25, -0.2) is 0 Å². The lowest BCUT2D eigenvalue weighted by Crippen LogP contribution is -2.48. The highest BCUT2D eigenvalue weighted by Gasteiger charge is 2.38. The van der Waals surface area contributed by atoms with Crippen molar-refractivity contribution in [1.82, 2.24) is 9.88 Å². The Hall–Kier alpha value is -3.54. The second-order valence-electron chi connectivity index (χ2n) is 7.73. The van der Waals surface area contributed by atoms with E-state index >= 15 is 0 Å². The molecule has 8 nitrogen and oxygen atoms in total. The molecule has 0 fully saturated rings. The Kier molecular flexibility index (Phi) is 7.12. The lowest BCUT2D eigenvalue weighted by Gasteiger charge is -2.36. The first kappa shape index (κ1) is 24.2. The van der Waals surface area contributed by atoms with Crippen LogP contribution in [0.3, 0.4) is 0 Å². The smallest absolute Gasteiger partial charge is 0.274 e. The van der Waals surface area contributed by atoms with E-state index in [-0.39, 0.29) is 17.6 Å². The SMILES string of the molecule is COc1ccccc1N1C(=O)c2sc(=S)n(-c3ccccc3)c2N[C@H]1SCC(=O)NCc1ccco1. The monoisotopic (exact) mass is 538 g/mol. The van der Waals surface area contributed by atoms with Gasteiger partial charge in [0.1, 0.15) is 22.2 Å². The number of ether oxygens (including phenoxy) is 1. The Labute approximate surface area is 220 Å². The molecule has 0 unspecified atom stereocenters. The summed E-state index contributed by atoms with van der Waals surface area (Å²) >= 11 is 8.19. The van der Waals surface area contributed by atoms with Gasteiger partial charge in [-0.3, -0.25) is 19.1 Å². The van der Waals surface area contributed by atoms with Crippen LogP contribution in [0.4, 0.5) is 11.5 Å². The van der Waals surface area contributed by atoms with Gasteiger partial charge >= 0.3 is 0 Å². The minimum absolute atomic E-state index is 0.114. The summed E-state index contributed by atoms with van der Waals surface area (Å²) in [6.07, 6.45) is 1.56. The molecule has 1 aliphatic rings. The highest BCUT2D eigenvalue weighted by molar-refractivity contribution is 8.00. The largest absolute Gasteiger partial charge is 0.495 e. The third-order valence-corrected chi connectivity index (χ3v) is 7.92. The molecule has 11 heteroatoms. The van der Waals surface area contributed by atoms with Crippen LogP contribution in [0, 0.1) is 3.95 Å². The second-order valence-corrected chi connectivity index (χ2v) is 10.4. The van der Waals surface area contributed by atoms with Crippen molar-refractivity contribution in [1.29, 1.82) is 0 Å². The van der Waals surface area contributed by atoms with E-state index in [0.29, 0.717) is 38.4 Å². The Balaban J connectivity index is 1.47. The van der Waals surface area contributed by atoms with E-state index in [9.17, 15) is 9.59 Å². The molecule has 2 N–H and O–H groups in total. The molecule has 0 aliphatic carbocycles. The predicted octanol–water partition coefficient (Wildman–Crippen LogP) is 5.28. The van der Waals surface area contributed by atoms with E-state index in [4.69, 9.17) is 21.4 Å². The van der Waals surface area contributed by atoms with Crippen molar-refractivity contribution in [3.8, 4) is 11.4 Å². The van der Waals surface area contributed by atoms with Gasteiger partial charge in [-0.05, 0) is 48.6 Å². The maximum Gasteiger partial charge on any atom is 0.274 e. The van der Waals surface area contributed by atoms with Crippen LogP contribution in [0.2, 0.25) is 0 Å². The lowest BCUT2D eigenvalue weighted by atomic mass is 10.2. The minimum atomic E-state index is -0.588. The summed E-state index contributed by atoms with van der Waals surface area (Å²) in [6.45, 7) is 0.293. The van der Waals surface area contributed by atoms with Crippen molar-refractivity contribution < 1.29 is 18.7 Å². The standard InChI is InChI=1S/C25H22N4O4S3/c1-32-19-12-6-5-11-18(19)29-23(31)21-22(28(25(34)36-21)16-8-3-2-4-9-16)27-24(29)35-15-20(30)26-14-17-10-7-13-33-17/h2-13,24,27H,14-15H2,1H3,(H,26,30)/t24-/m1/s1. The highest BCUT2D eigenvalue weighted by Crippen LogP contribution is 2.41. The van der Waals surface area contributed by atoms with E-state index in [1.54, 1.807) is 36.5 Å². The first-order chi connectivity index (χ1) is 17.6. The summed E-state index contributed by atoms with van der Waals surface area (Å²) < 4.78 is 13.2. The molecule has 2 aromatic heterocycles. The van der Waals surface area contributed by atoms with Crippen LogP contribution in [0.15, 0.2) is 77.4 Å². The van der Waals surface area contributed by atoms with Crippen molar-refractivity contribution in [3.05, 3.63) is 87.6 Å². The van der Waals surface area contributed by atoms with Gasteiger partial charge < -0.3 is 19.8 Å². The molecule has 2 amide bonds. The number of hydrogen-bond acceptors (Lipinski definition) is 8. The first-order valence-corrected chi connectivity index (χ1v) is 13.3. The molecule has 184 valence electrons. The molecule has 1 aliphatic heterocycles. The fraction of sp³-hybridized carbons (Fsp3) is 0.160. The summed E-state index contributed by atoms with van der Waals surface area (Å²) in [4.78, 5) is 28.6. The summed E-state index contributed by atoms with van der Waals surface area (Å²) in [5.41, 5.74) is 0.864. The lowest BCUT2D eigenvalue weighted by molar-refractivity contribution is -0.118. The van der Waals surface area contributed by atoms with Crippen LogP contribution in [-0.4, -0.2) is 34.7 Å². The van der Waals surface area contributed by atoms with Crippen LogP contribution in [0.5, 0.6) is 5.75 Å². The number of thioether (sulfide) groups is 1. The van der Waals surface area contributed by atoms with E-state index in [1.165, 1.54) is 23.1 Å². The maximum atomic E-state index is 13.9. The quantitative estimate of drug-likeness (QED) is 0.295. The van der Waals surface area contributed by atoms with Crippen LogP contribution in [0.1, 0.15) is 15.4 Å². The topological polar surface area (TPSA) is 88.7 Å². The van der Waals surface area contributed by atoms with Gasteiger partial charge in [-0.1, -0.05) is 41.7 Å². The fourth-order valence-corrected chi connectivity index (χ4v) is 6.15. The molecular formula is C25H22N4O4S3. The number of carbonyl (C=O) groups excluding carboxylic acids is 2. The molecule has 0 saturated heterocycles. The number of methoxy groups -OCH3 is 1. The van der Waals surface area contributed by atoms with Gasteiger partial charge in [-0.2, -0.15) is 0 Å². The zero-order valence-corrected chi connectivity index (χ0v) is 21.6. The molecule has 0 spiro atoms. The van der Waals surface area contributed by atoms with Crippen LogP contribution in [-0.2, 0) is 11.3 Å². The Morgan fingerprint density at radius 3 is 2.69 bits per heavy atom. The number of hydrogen-bond donors (Lipinski definition) is 2. The van der Waals surface area contributed by atoms with Gasteiger partial charge in [0.2, 0.25) is 5.91 Å². The number of rotatable bonds is 8. The molecule has 0 radical (unpaired) electrons. The van der Waals surface area contributed by atoms with E-state index < -0.39 is 5.50 Å². The maximum absolute atomic E-state index is 13.9. The zero-order chi connectivity index (χ0) is 25.1. The van der Waals surface area contributed by atoms with Crippen LogP contribution >= 0.6 is 35.3 Å². The summed E-state index contributed by atoms with van der Waals surface area (Å²) in [7, 11) is 1.56. The van der Waals surface area contributed by atoms with Crippen molar-refractivity contribution in [2.45, 2.75) is 12.0 Å². The van der Waals surface area contributed by atoms with Crippen LogP contribution < -0.4 is 20.3 Å². The molecule has 4 aromatic rings. The number of amides is 2. The number of benzene rings is 2. The number of furan rings is 1. The number of fused-ring (bicyclic) bond motifs is 1. The first-order valence-electron chi connectivity index (χ1n) is 11.0. The van der Waals surface area contributed by atoms with Crippen molar-refractivity contribution >= 4 is 58.6 Å². The molecule has 36 heavy (non-hydrogen) atoms. The molecule has 5 rings (SSSR count). The highest BCUT2D eigenvalue weighted by atomic mass is 32.2. The Morgan fingerprint density at radius 1 is 1.17 bits per heavy atom. The van der Waals surface area contributed by atoms with Gasteiger partial charge in [0.15, 0.2) is 9.45 Å². The Morgan fingerprint density at radius 2 is 1.94 bits per heavy atom. The average molecular weight is 539 g/mol. The molecular weight excluding hydrogens is 517 g/mol. The second kappa shape index (κ2) is 10.6. The van der Waals surface area contributed by atoms with Gasteiger partial charge in [0.05, 0.1) is 31.4 Å². The number of anilines is 2. The van der Waals surface area contributed by atoms with E-state index in [2.05, 4.69) is 10.6 Å². The van der Waals surface area contributed by atoms with Crippen molar-refractivity contribution in [2.24, 2.45) is 0 Å². The average Bonchev–Trinajstić information content (AvgIpc) is 3.54. The summed E-state index contributed by atoms with van der Waals surface area (Å²) in [6, 6.07) is 20.5. The number of thiazole rings is 1. The molecule has 2 aromatic carbocycles. The number of para-hydroxylation sites is 3. The third kappa shape index (κ3) is 4.77. The van der Waals surface area contributed by atoms with E-state index in [0.717, 1.165) is 5.69 Å². The van der Waals surface area contributed by atoms with Gasteiger partial charge in [0, 0.05) is 5.69 Å². The van der Waals surface area contributed by atoms with Crippen molar-refractivity contribution in [2.75, 3.05) is 23.1 Å². The van der Waals surface area contributed by atoms with Crippen LogP contribution in [0.25, 0.3) is 5.69 Å². The zero-order valence-electron chi connectivity index (χ0n) is 19.2. The molecule has 3 heterocycles. The molecule has 0 bridgehead atoms. The molecule has 0 saturated carbocycles. The fourth-order valence-electron chi connectivity index (χ4n) is 3.84. The summed E-state index contributed by atoms with van der Waals surface area (Å²) in [5, 5.41) is 6.31. The number of carbonyl (C=O) groups is 2. The summed E-state index contributed by atoms with van der Waals surface area (Å²) in [5.74, 6) is 1.55.